The number of hydrogen-bond acceptors (Lipinski definition) is 5. The van der Waals surface area contributed by atoms with E-state index >= 15 is 0 Å². The molecule has 0 radical (unpaired) electrons. The van der Waals surface area contributed by atoms with E-state index in [2.05, 4.69) is 10.1 Å². The Hall–Kier alpha value is -3.55. The average molecular weight is 380 g/mol. The van der Waals surface area contributed by atoms with Crippen molar-refractivity contribution in [3.8, 4) is 11.4 Å². The summed E-state index contributed by atoms with van der Waals surface area (Å²) < 4.78 is 21.1. The minimum atomic E-state index is -0.424. The minimum Gasteiger partial charge on any atom is -0.337 e. The summed E-state index contributed by atoms with van der Waals surface area (Å²) in [4.78, 5) is 29.8. The van der Waals surface area contributed by atoms with Gasteiger partial charge in [-0.25, -0.2) is 9.18 Å². The zero-order chi connectivity index (χ0) is 19.7. The summed E-state index contributed by atoms with van der Waals surface area (Å²) in [5.74, 6) is 0.159. The Morgan fingerprint density at radius 1 is 1.04 bits per heavy atom. The van der Waals surface area contributed by atoms with Crippen LogP contribution in [0.25, 0.3) is 22.3 Å². The van der Waals surface area contributed by atoms with Gasteiger partial charge in [0.2, 0.25) is 11.7 Å². The number of halogens is 1. The lowest BCUT2D eigenvalue weighted by molar-refractivity contribution is 0.369. The van der Waals surface area contributed by atoms with E-state index in [1.807, 2.05) is 6.92 Å². The molecule has 2 heterocycles. The molecule has 0 aliphatic carbocycles. The molecular formula is C20H17FN4O3. The lowest BCUT2D eigenvalue weighted by Gasteiger charge is -2.12. The van der Waals surface area contributed by atoms with Crippen LogP contribution >= 0.6 is 0 Å². The van der Waals surface area contributed by atoms with Crippen molar-refractivity contribution in [2.24, 2.45) is 0 Å². The number of nitrogens with zero attached hydrogens (tertiary/aromatic N) is 4. The van der Waals surface area contributed by atoms with Crippen LogP contribution in [0, 0.1) is 5.82 Å². The molecule has 142 valence electrons. The van der Waals surface area contributed by atoms with E-state index in [1.54, 1.807) is 36.4 Å². The fourth-order valence-corrected chi connectivity index (χ4v) is 3.12. The Labute approximate surface area is 158 Å². The molecule has 0 amide bonds. The fourth-order valence-electron chi connectivity index (χ4n) is 3.12. The number of hydrogen-bond donors (Lipinski definition) is 0. The van der Waals surface area contributed by atoms with E-state index < -0.39 is 5.69 Å². The Morgan fingerprint density at radius 3 is 2.54 bits per heavy atom. The fraction of sp³-hybridized carbons (Fsp3) is 0.200. The third kappa shape index (κ3) is 3.13. The molecule has 0 saturated carbocycles. The molecule has 7 nitrogen and oxygen atoms in total. The van der Waals surface area contributed by atoms with E-state index in [9.17, 15) is 14.0 Å². The maximum Gasteiger partial charge on any atom is 0.331 e. The molecule has 0 spiro atoms. The lowest BCUT2D eigenvalue weighted by Crippen LogP contribution is -2.40. The summed E-state index contributed by atoms with van der Waals surface area (Å²) in [6, 6.07) is 12.6. The van der Waals surface area contributed by atoms with Crippen LogP contribution in [-0.2, 0) is 13.1 Å². The molecule has 28 heavy (non-hydrogen) atoms. The first-order valence-corrected chi connectivity index (χ1v) is 8.89. The second kappa shape index (κ2) is 7.22. The van der Waals surface area contributed by atoms with Crippen molar-refractivity contribution in [1.29, 1.82) is 0 Å². The van der Waals surface area contributed by atoms with Gasteiger partial charge < -0.3 is 4.52 Å². The average Bonchev–Trinajstić information content (AvgIpc) is 3.18. The standard InChI is InChI=1S/C20H17FN4O3/c1-2-11-24-19(26)15-5-3-4-6-16(15)25(20(24)27)12-17-22-18(23-28-17)13-7-9-14(21)10-8-13/h3-10H,2,11-12H2,1H3. The lowest BCUT2D eigenvalue weighted by atomic mass is 10.2. The maximum absolute atomic E-state index is 13.1. The first-order valence-electron chi connectivity index (χ1n) is 8.89. The molecule has 0 atom stereocenters. The summed E-state index contributed by atoms with van der Waals surface area (Å²) in [5.41, 5.74) is 0.374. The Morgan fingerprint density at radius 2 is 1.79 bits per heavy atom. The Balaban J connectivity index is 1.79. The highest BCUT2D eigenvalue weighted by molar-refractivity contribution is 5.77. The van der Waals surface area contributed by atoms with Crippen LogP contribution in [-0.4, -0.2) is 19.3 Å². The van der Waals surface area contributed by atoms with Crippen molar-refractivity contribution < 1.29 is 8.91 Å². The molecule has 8 heteroatoms. The normalized spacial score (nSPS) is 11.2. The zero-order valence-electron chi connectivity index (χ0n) is 15.1. The summed E-state index contributed by atoms with van der Waals surface area (Å²) in [5, 5.41) is 4.36. The number of aromatic nitrogens is 4. The van der Waals surface area contributed by atoms with Crippen LogP contribution < -0.4 is 11.2 Å². The van der Waals surface area contributed by atoms with Gasteiger partial charge in [-0.3, -0.25) is 13.9 Å². The molecule has 4 rings (SSSR count). The number of para-hydroxylation sites is 1. The van der Waals surface area contributed by atoms with Crippen LogP contribution in [0.5, 0.6) is 0 Å². The van der Waals surface area contributed by atoms with Gasteiger partial charge in [-0.15, -0.1) is 0 Å². The minimum absolute atomic E-state index is 0.0253. The third-order valence-corrected chi connectivity index (χ3v) is 4.44. The first-order chi connectivity index (χ1) is 13.6. The Kier molecular flexibility index (Phi) is 4.60. The molecule has 0 N–H and O–H groups in total. The van der Waals surface area contributed by atoms with Gasteiger partial charge in [0, 0.05) is 12.1 Å². The van der Waals surface area contributed by atoms with E-state index in [0.29, 0.717) is 35.3 Å². The highest BCUT2D eigenvalue weighted by atomic mass is 19.1. The highest BCUT2D eigenvalue weighted by Crippen LogP contribution is 2.17. The van der Waals surface area contributed by atoms with Gasteiger partial charge in [0.05, 0.1) is 10.9 Å². The van der Waals surface area contributed by atoms with Crippen molar-refractivity contribution in [2.75, 3.05) is 0 Å². The largest absolute Gasteiger partial charge is 0.337 e. The van der Waals surface area contributed by atoms with Crippen LogP contribution in [0.4, 0.5) is 4.39 Å². The second-order valence-electron chi connectivity index (χ2n) is 6.36. The molecule has 0 bridgehead atoms. The van der Waals surface area contributed by atoms with Crippen LogP contribution in [0.15, 0.2) is 62.6 Å². The summed E-state index contributed by atoms with van der Waals surface area (Å²) in [6.07, 6.45) is 0.656. The number of rotatable bonds is 5. The zero-order valence-corrected chi connectivity index (χ0v) is 15.1. The monoisotopic (exact) mass is 380 g/mol. The number of fused-ring (bicyclic) bond motifs is 1. The SMILES string of the molecule is CCCn1c(=O)c2ccccc2n(Cc2nc(-c3ccc(F)cc3)no2)c1=O. The topological polar surface area (TPSA) is 82.9 Å². The van der Waals surface area contributed by atoms with Gasteiger partial charge >= 0.3 is 5.69 Å². The van der Waals surface area contributed by atoms with Crippen molar-refractivity contribution in [2.45, 2.75) is 26.4 Å². The van der Waals surface area contributed by atoms with E-state index in [-0.39, 0.29) is 23.8 Å². The van der Waals surface area contributed by atoms with E-state index in [4.69, 9.17) is 4.52 Å². The van der Waals surface area contributed by atoms with Crippen LogP contribution in [0.2, 0.25) is 0 Å². The van der Waals surface area contributed by atoms with Crippen molar-refractivity contribution >= 4 is 10.9 Å². The van der Waals surface area contributed by atoms with Crippen LogP contribution in [0.3, 0.4) is 0 Å². The van der Waals surface area contributed by atoms with Crippen molar-refractivity contribution in [3.63, 3.8) is 0 Å². The number of benzene rings is 2. The highest BCUT2D eigenvalue weighted by Gasteiger charge is 2.16. The van der Waals surface area contributed by atoms with Crippen molar-refractivity contribution in [3.05, 3.63) is 81.1 Å². The third-order valence-electron chi connectivity index (χ3n) is 4.44. The molecule has 2 aromatic carbocycles. The molecule has 0 fully saturated rings. The van der Waals surface area contributed by atoms with Crippen molar-refractivity contribution in [1.82, 2.24) is 19.3 Å². The molecule has 4 aromatic rings. The molecule has 0 unspecified atom stereocenters. The summed E-state index contributed by atoms with van der Waals surface area (Å²) >= 11 is 0. The second-order valence-corrected chi connectivity index (χ2v) is 6.36. The van der Waals surface area contributed by atoms with Gasteiger partial charge in [0.1, 0.15) is 12.4 Å². The Bertz CT molecular complexity index is 1260. The summed E-state index contributed by atoms with van der Waals surface area (Å²) in [7, 11) is 0. The van der Waals surface area contributed by atoms with Crippen LogP contribution in [0.1, 0.15) is 19.2 Å². The predicted molar refractivity (Wildman–Crippen MR) is 102 cm³/mol. The van der Waals surface area contributed by atoms with Gasteiger partial charge in [-0.1, -0.05) is 24.2 Å². The van der Waals surface area contributed by atoms with Gasteiger partial charge in [-0.2, -0.15) is 4.98 Å². The van der Waals surface area contributed by atoms with Gasteiger partial charge in [0.25, 0.3) is 5.56 Å². The quantitative estimate of drug-likeness (QED) is 0.532. The molecule has 0 aliphatic rings. The van der Waals surface area contributed by atoms with E-state index in [1.165, 1.54) is 21.3 Å². The summed E-state index contributed by atoms with van der Waals surface area (Å²) in [6.45, 7) is 2.25. The smallest absolute Gasteiger partial charge is 0.331 e. The molecule has 0 aliphatic heterocycles. The molecular weight excluding hydrogens is 363 g/mol. The maximum atomic E-state index is 13.1. The van der Waals surface area contributed by atoms with E-state index in [0.717, 1.165) is 0 Å². The first kappa shape index (κ1) is 17.8. The molecule has 2 aromatic heterocycles. The van der Waals surface area contributed by atoms with Gasteiger partial charge in [0.15, 0.2) is 0 Å². The molecule has 0 saturated heterocycles. The predicted octanol–water partition coefficient (Wildman–Crippen LogP) is 2.81. The van der Waals surface area contributed by atoms with Gasteiger partial charge in [-0.05, 0) is 42.8 Å².